The van der Waals surface area contributed by atoms with Gasteiger partial charge >= 0.3 is 5.97 Å². The van der Waals surface area contributed by atoms with Crippen LogP contribution in [-0.2, 0) is 10.0 Å². The highest BCUT2D eigenvalue weighted by molar-refractivity contribution is 7.92. The van der Waals surface area contributed by atoms with Crippen LogP contribution in [0.5, 0.6) is 0 Å². The number of carbonyl (C=O) groups is 1. The summed E-state index contributed by atoms with van der Waals surface area (Å²) in [6, 6.07) is 9.31. The average Bonchev–Trinajstić information content (AvgIpc) is 2.89. The van der Waals surface area contributed by atoms with Crippen molar-refractivity contribution in [2.24, 2.45) is 0 Å². The standard InChI is InChI=1S/C14H15NO5S/c1-3-15(11-6-4-5-10(2)9-11)21(18,19)13-8-7-12(20-13)14(16)17/h4-9H,3H2,1-2H3,(H,16,17). The molecule has 0 radical (unpaired) electrons. The minimum absolute atomic E-state index is 0.203. The first-order valence-corrected chi connectivity index (χ1v) is 7.73. The third-order valence-electron chi connectivity index (χ3n) is 2.91. The van der Waals surface area contributed by atoms with E-state index in [9.17, 15) is 13.2 Å². The van der Waals surface area contributed by atoms with Crippen molar-refractivity contribution in [3.05, 3.63) is 47.7 Å². The van der Waals surface area contributed by atoms with Gasteiger partial charge in [-0.3, -0.25) is 4.31 Å². The summed E-state index contributed by atoms with van der Waals surface area (Å²) < 4.78 is 31.2. The third kappa shape index (κ3) is 2.92. The number of aromatic carboxylic acids is 1. The number of carboxylic acid groups (broad SMARTS) is 1. The lowest BCUT2D eigenvalue weighted by Gasteiger charge is -2.21. The number of hydrogen-bond acceptors (Lipinski definition) is 4. The molecule has 2 rings (SSSR count). The molecule has 0 saturated heterocycles. The van der Waals surface area contributed by atoms with E-state index in [-0.39, 0.29) is 11.6 Å². The zero-order valence-electron chi connectivity index (χ0n) is 11.6. The van der Waals surface area contributed by atoms with Gasteiger partial charge < -0.3 is 9.52 Å². The van der Waals surface area contributed by atoms with E-state index in [2.05, 4.69) is 0 Å². The van der Waals surface area contributed by atoms with Crippen LogP contribution in [0.25, 0.3) is 0 Å². The monoisotopic (exact) mass is 309 g/mol. The van der Waals surface area contributed by atoms with Crippen molar-refractivity contribution in [3.8, 4) is 0 Å². The number of nitrogens with zero attached hydrogens (tertiary/aromatic N) is 1. The molecule has 21 heavy (non-hydrogen) atoms. The maximum atomic E-state index is 12.6. The molecule has 0 spiro atoms. The molecule has 2 aromatic rings. The molecule has 1 aromatic heterocycles. The van der Waals surface area contributed by atoms with E-state index >= 15 is 0 Å². The molecule has 1 N–H and O–H groups in total. The highest BCUT2D eigenvalue weighted by Crippen LogP contribution is 2.25. The van der Waals surface area contributed by atoms with Crippen LogP contribution >= 0.6 is 0 Å². The molecule has 0 saturated carbocycles. The van der Waals surface area contributed by atoms with Crippen LogP contribution in [0.2, 0.25) is 0 Å². The first-order valence-electron chi connectivity index (χ1n) is 6.29. The number of aryl methyl sites for hydroxylation is 1. The molecule has 1 heterocycles. The number of hydrogen-bond donors (Lipinski definition) is 1. The van der Waals surface area contributed by atoms with Gasteiger partial charge in [0.25, 0.3) is 10.0 Å². The SMILES string of the molecule is CCN(c1cccc(C)c1)S(=O)(=O)c1ccc(C(=O)O)o1. The highest BCUT2D eigenvalue weighted by Gasteiger charge is 2.28. The predicted octanol–water partition coefficient (Wildman–Crippen LogP) is 2.50. The Balaban J connectivity index is 2.46. The summed E-state index contributed by atoms with van der Waals surface area (Å²) in [5.74, 6) is -1.72. The Labute approximate surface area is 122 Å². The number of benzene rings is 1. The summed E-state index contributed by atoms with van der Waals surface area (Å²) in [7, 11) is -3.93. The van der Waals surface area contributed by atoms with E-state index in [4.69, 9.17) is 9.52 Å². The zero-order valence-corrected chi connectivity index (χ0v) is 12.4. The van der Waals surface area contributed by atoms with Gasteiger partial charge in [-0.25, -0.2) is 4.79 Å². The maximum absolute atomic E-state index is 12.6. The molecule has 0 aliphatic carbocycles. The lowest BCUT2D eigenvalue weighted by molar-refractivity contribution is 0.0656. The smallest absolute Gasteiger partial charge is 0.371 e. The number of rotatable bonds is 5. The van der Waals surface area contributed by atoms with Crippen LogP contribution in [0.15, 0.2) is 45.9 Å². The second-order valence-electron chi connectivity index (χ2n) is 4.43. The number of sulfonamides is 1. The van der Waals surface area contributed by atoms with Gasteiger partial charge in [-0.1, -0.05) is 12.1 Å². The van der Waals surface area contributed by atoms with Gasteiger partial charge in [-0.15, -0.1) is 0 Å². The summed E-state index contributed by atoms with van der Waals surface area (Å²) in [4.78, 5) is 10.8. The van der Waals surface area contributed by atoms with Gasteiger partial charge in [-0.05, 0) is 43.7 Å². The highest BCUT2D eigenvalue weighted by atomic mass is 32.2. The predicted molar refractivity (Wildman–Crippen MR) is 77.1 cm³/mol. The van der Waals surface area contributed by atoms with Gasteiger partial charge in [0.2, 0.25) is 10.9 Å². The summed E-state index contributed by atoms with van der Waals surface area (Å²) >= 11 is 0. The molecule has 0 bridgehead atoms. The second kappa shape index (κ2) is 5.61. The van der Waals surface area contributed by atoms with Crippen molar-refractivity contribution in [2.45, 2.75) is 18.9 Å². The van der Waals surface area contributed by atoms with Crippen LogP contribution in [0.4, 0.5) is 5.69 Å². The molecule has 112 valence electrons. The van der Waals surface area contributed by atoms with E-state index in [1.165, 1.54) is 4.31 Å². The Bertz CT molecular complexity index is 763. The van der Waals surface area contributed by atoms with Crippen molar-refractivity contribution >= 4 is 21.7 Å². The summed E-state index contributed by atoms with van der Waals surface area (Å²) in [6.07, 6.45) is 0. The maximum Gasteiger partial charge on any atom is 0.371 e. The van der Waals surface area contributed by atoms with Crippen LogP contribution in [0.1, 0.15) is 23.0 Å². The van der Waals surface area contributed by atoms with Gasteiger partial charge in [0.15, 0.2) is 0 Å². The van der Waals surface area contributed by atoms with Gasteiger partial charge in [0, 0.05) is 6.54 Å². The Morgan fingerprint density at radius 1 is 1.29 bits per heavy atom. The van der Waals surface area contributed by atoms with Crippen molar-refractivity contribution in [1.82, 2.24) is 0 Å². The van der Waals surface area contributed by atoms with Crippen LogP contribution in [0, 0.1) is 6.92 Å². The molecule has 6 nitrogen and oxygen atoms in total. The molecular formula is C14H15NO5S. The summed E-state index contributed by atoms with van der Waals surface area (Å²) in [5.41, 5.74) is 1.43. The normalized spacial score (nSPS) is 11.3. The van der Waals surface area contributed by atoms with Gasteiger partial charge in [-0.2, -0.15) is 8.42 Å². The van der Waals surface area contributed by atoms with E-state index in [1.807, 2.05) is 13.0 Å². The van der Waals surface area contributed by atoms with Crippen molar-refractivity contribution in [1.29, 1.82) is 0 Å². The molecule has 0 fully saturated rings. The Morgan fingerprint density at radius 3 is 2.52 bits per heavy atom. The Hall–Kier alpha value is -2.28. The first-order chi connectivity index (χ1) is 9.86. The topological polar surface area (TPSA) is 87.8 Å². The molecule has 0 aliphatic rings. The number of anilines is 1. The quantitative estimate of drug-likeness (QED) is 0.916. The van der Waals surface area contributed by atoms with Gasteiger partial charge in [0.05, 0.1) is 5.69 Å². The molecule has 1 aromatic carbocycles. The number of furan rings is 1. The van der Waals surface area contributed by atoms with Gasteiger partial charge in [0.1, 0.15) is 0 Å². The largest absolute Gasteiger partial charge is 0.475 e. The zero-order chi connectivity index (χ0) is 15.6. The van der Waals surface area contributed by atoms with E-state index in [0.29, 0.717) is 5.69 Å². The van der Waals surface area contributed by atoms with Crippen LogP contribution < -0.4 is 4.31 Å². The number of carboxylic acids is 1. The minimum atomic E-state index is -3.93. The van der Waals surface area contributed by atoms with E-state index < -0.39 is 21.8 Å². The van der Waals surface area contributed by atoms with Crippen LogP contribution in [0.3, 0.4) is 0 Å². The molecular weight excluding hydrogens is 294 g/mol. The molecule has 7 heteroatoms. The fraction of sp³-hybridized carbons (Fsp3) is 0.214. The summed E-state index contributed by atoms with van der Waals surface area (Å²) in [5, 5.41) is 8.43. The Morgan fingerprint density at radius 2 is 2.00 bits per heavy atom. The minimum Gasteiger partial charge on any atom is -0.475 e. The fourth-order valence-electron chi connectivity index (χ4n) is 1.96. The Kier molecular flexibility index (Phi) is 4.04. The molecule has 0 atom stereocenters. The van der Waals surface area contributed by atoms with E-state index in [1.54, 1.807) is 25.1 Å². The molecule has 0 amide bonds. The van der Waals surface area contributed by atoms with Crippen molar-refractivity contribution < 1.29 is 22.7 Å². The van der Waals surface area contributed by atoms with Crippen LogP contribution in [-0.4, -0.2) is 26.0 Å². The lowest BCUT2D eigenvalue weighted by Crippen LogP contribution is -2.30. The lowest BCUT2D eigenvalue weighted by atomic mass is 10.2. The first kappa shape index (κ1) is 15.1. The third-order valence-corrected chi connectivity index (χ3v) is 4.69. The molecule has 0 aliphatic heterocycles. The van der Waals surface area contributed by atoms with E-state index in [0.717, 1.165) is 17.7 Å². The summed E-state index contributed by atoms with van der Waals surface area (Å²) in [6.45, 7) is 3.76. The molecule has 0 unspecified atom stereocenters. The second-order valence-corrected chi connectivity index (χ2v) is 6.23. The van der Waals surface area contributed by atoms with Crippen molar-refractivity contribution in [3.63, 3.8) is 0 Å². The fourth-order valence-corrected chi connectivity index (χ4v) is 3.34. The van der Waals surface area contributed by atoms with Crippen molar-refractivity contribution in [2.75, 3.05) is 10.8 Å². The average molecular weight is 309 g/mol.